The first-order chi connectivity index (χ1) is 11.3. The Morgan fingerprint density at radius 1 is 1.00 bits per heavy atom. The van der Waals surface area contributed by atoms with E-state index < -0.39 is 0 Å². The minimum Gasteiger partial charge on any atom is -0.494 e. The van der Waals surface area contributed by atoms with Crippen molar-refractivity contribution in [2.45, 2.75) is 19.3 Å². The smallest absolute Gasteiger partial charge is 0.135 e. The molecular formula is C20H22ClNO2. The number of hydrogen-bond acceptors (Lipinski definition) is 3. The van der Waals surface area contributed by atoms with E-state index in [1.54, 1.807) is 0 Å². The molecule has 2 fully saturated rings. The number of benzene rings is 2. The van der Waals surface area contributed by atoms with E-state index in [1.807, 2.05) is 24.3 Å². The number of piperidine rings is 1. The topological polar surface area (TPSA) is 25.6 Å². The molecule has 0 aliphatic carbocycles. The molecule has 0 N–H and O–H groups in total. The van der Waals surface area contributed by atoms with Gasteiger partial charge in [0.25, 0.3) is 0 Å². The van der Waals surface area contributed by atoms with Crippen LogP contribution in [0.15, 0.2) is 46.9 Å². The van der Waals surface area contributed by atoms with Crippen molar-refractivity contribution in [3.05, 3.63) is 42.5 Å². The van der Waals surface area contributed by atoms with Gasteiger partial charge in [-0.1, -0.05) is 18.2 Å². The summed E-state index contributed by atoms with van der Waals surface area (Å²) in [5.41, 5.74) is 2.40. The summed E-state index contributed by atoms with van der Waals surface area (Å²) in [7, 11) is 0. The van der Waals surface area contributed by atoms with E-state index in [1.165, 1.54) is 38.9 Å². The van der Waals surface area contributed by atoms with Crippen LogP contribution < -0.4 is 4.74 Å². The molecule has 2 saturated heterocycles. The Labute approximate surface area is 148 Å². The van der Waals surface area contributed by atoms with Gasteiger partial charge in [-0.25, -0.2) is 0 Å². The van der Waals surface area contributed by atoms with Gasteiger partial charge >= 0.3 is 0 Å². The lowest BCUT2D eigenvalue weighted by molar-refractivity contribution is 0.215. The Hall–Kier alpha value is -1.71. The molecule has 5 rings (SSSR count). The molecule has 3 aromatic rings. The number of hydrogen-bond donors (Lipinski definition) is 0. The number of para-hydroxylation sites is 1. The predicted molar refractivity (Wildman–Crippen MR) is 99.2 cm³/mol. The van der Waals surface area contributed by atoms with Gasteiger partial charge in [0.15, 0.2) is 0 Å². The van der Waals surface area contributed by atoms with Crippen LogP contribution in [0.5, 0.6) is 5.75 Å². The van der Waals surface area contributed by atoms with Gasteiger partial charge in [0, 0.05) is 17.3 Å². The molecule has 0 radical (unpaired) electrons. The van der Waals surface area contributed by atoms with E-state index in [0.717, 1.165) is 34.3 Å². The number of furan rings is 1. The van der Waals surface area contributed by atoms with Crippen molar-refractivity contribution < 1.29 is 9.15 Å². The molecule has 0 spiro atoms. The van der Waals surface area contributed by atoms with Crippen LogP contribution in [0.4, 0.5) is 0 Å². The van der Waals surface area contributed by atoms with Crippen molar-refractivity contribution in [3.8, 4) is 5.75 Å². The molecular weight excluding hydrogens is 322 g/mol. The fourth-order valence-electron chi connectivity index (χ4n) is 4.33. The second-order valence-corrected chi connectivity index (χ2v) is 7.13. The third kappa shape index (κ3) is 2.56. The zero-order chi connectivity index (χ0) is 15.3. The highest BCUT2D eigenvalue weighted by molar-refractivity contribution is 6.05. The minimum absolute atomic E-state index is 0. The lowest BCUT2D eigenvalue weighted by atomic mass is 9.82. The van der Waals surface area contributed by atoms with Crippen LogP contribution in [0.3, 0.4) is 0 Å². The summed E-state index contributed by atoms with van der Waals surface area (Å²) in [6.45, 7) is 4.66. The minimum atomic E-state index is 0. The predicted octanol–water partition coefficient (Wildman–Crippen LogP) is 4.87. The van der Waals surface area contributed by atoms with Crippen molar-refractivity contribution in [3.63, 3.8) is 0 Å². The van der Waals surface area contributed by atoms with Gasteiger partial charge in [-0.3, -0.25) is 0 Å². The quantitative estimate of drug-likeness (QED) is 0.675. The summed E-state index contributed by atoms with van der Waals surface area (Å²) in [6, 6.07) is 14.3. The largest absolute Gasteiger partial charge is 0.494 e. The number of ether oxygens (including phenoxy) is 1. The Bertz CT molecular complexity index is 864. The Kier molecular flexibility index (Phi) is 3.93. The first-order valence-corrected chi connectivity index (χ1v) is 8.58. The maximum atomic E-state index is 6.08. The molecule has 3 nitrogen and oxygen atoms in total. The highest BCUT2D eigenvalue weighted by Gasteiger charge is 2.43. The maximum absolute atomic E-state index is 6.08. The van der Waals surface area contributed by atoms with E-state index in [0.29, 0.717) is 5.41 Å². The molecule has 2 aliphatic heterocycles. The molecule has 0 amide bonds. The number of nitrogens with zero attached hydrogens (tertiary/aromatic N) is 1. The van der Waals surface area contributed by atoms with E-state index >= 15 is 0 Å². The summed E-state index contributed by atoms with van der Waals surface area (Å²) in [5, 5.41) is 2.30. The number of rotatable bonds is 4. The van der Waals surface area contributed by atoms with Crippen LogP contribution in [-0.2, 0) is 0 Å². The van der Waals surface area contributed by atoms with Crippen LogP contribution >= 0.6 is 12.4 Å². The number of halogens is 1. The molecule has 3 heterocycles. The molecule has 126 valence electrons. The molecule has 4 heteroatoms. The first kappa shape index (κ1) is 15.8. The SMILES string of the molecule is Cl.c1ccc2c(c1)oc1ccc(OCCC34CCN(CC3)C4)cc12. The lowest BCUT2D eigenvalue weighted by Gasteiger charge is -2.24. The molecule has 2 aliphatic rings. The van der Waals surface area contributed by atoms with Crippen molar-refractivity contribution in [1.29, 1.82) is 0 Å². The molecule has 2 aromatic carbocycles. The van der Waals surface area contributed by atoms with E-state index in [9.17, 15) is 0 Å². The van der Waals surface area contributed by atoms with Gasteiger partial charge < -0.3 is 14.1 Å². The second-order valence-electron chi connectivity index (χ2n) is 7.13. The first-order valence-electron chi connectivity index (χ1n) is 8.58. The molecule has 1 aromatic heterocycles. The zero-order valence-corrected chi connectivity index (χ0v) is 14.5. The maximum Gasteiger partial charge on any atom is 0.135 e. The lowest BCUT2D eigenvalue weighted by Crippen LogP contribution is -2.22. The average Bonchev–Trinajstić information content (AvgIpc) is 3.27. The van der Waals surface area contributed by atoms with E-state index in [4.69, 9.17) is 9.15 Å². The van der Waals surface area contributed by atoms with Crippen LogP contribution in [0.2, 0.25) is 0 Å². The zero-order valence-electron chi connectivity index (χ0n) is 13.7. The van der Waals surface area contributed by atoms with Gasteiger partial charge in [0.05, 0.1) is 6.61 Å². The van der Waals surface area contributed by atoms with Crippen LogP contribution in [0.25, 0.3) is 21.9 Å². The molecule has 0 saturated carbocycles. The van der Waals surface area contributed by atoms with E-state index in [-0.39, 0.29) is 12.4 Å². The van der Waals surface area contributed by atoms with Crippen molar-refractivity contribution >= 4 is 34.3 Å². The van der Waals surface area contributed by atoms with Crippen molar-refractivity contribution in [2.24, 2.45) is 5.41 Å². The summed E-state index contributed by atoms with van der Waals surface area (Å²) in [4.78, 5) is 2.59. The van der Waals surface area contributed by atoms with Crippen LogP contribution in [0.1, 0.15) is 19.3 Å². The summed E-state index contributed by atoms with van der Waals surface area (Å²) >= 11 is 0. The van der Waals surface area contributed by atoms with Gasteiger partial charge in [-0.15, -0.1) is 12.4 Å². The highest BCUT2D eigenvalue weighted by atomic mass is 35.5. The average molecular weight is 344 g/mol. The standard InChI is InChI=1S/C20H21NO2.ClH/c1-2-4-18-16(3-1)17-13-15(5-6-19(17)23-18)22-12-9-20-7-10-21(14-20)11-8-20;/h1-6,13H,7-12,14H2;1H. The van der Waals surface area contributed by atoms with Gasteiger partial charge in [0.2, 0.25) is 0 Å². The normalized spacial score (nSPS) is 25.2. The Morgan fingerprint density at radius 3 is 2.58 bits per heavy atom. The van der Waals surface area contributed by atoms with Crippen LogP contribution in [0, 0.1) is 5.41 Å². The van der Waals surface area contributed by atoms with Crippen molar-refractivity contribution in [2.75, 3.05) is 26.2 Å². The third-order valence-corrected chi connectivity index (χ3v) is 5.73. The summed E-state index contributed by atoms with van der Waals surface area (Å²) < 4.78 is 12.0. The molecule has 0 unspecified atom stereocenters. The molecule has 0 atom stereocenters. The molecule has 2 bridgehead atoms. The van der Waals surface area contributed by atoms with Gasteiger partial charge in [-0.2, -0.15) is 0 Å². The van der Waals surface area contributed by atoms with Crippen LogP contribution in [-0.4, -0.2) is 31.1 Å². The fraction of sp³-hybridized carbons (Fsp3) is 0.400. The Balaban J connectivity index is 0.00000146. The molecule has 24 heavy (non-hydrogen) atoms. The monoisotopic (exact) mass is 343 g/mol. The van der Waals surface area contributed by atoms with Crippen molar-refractivity contribution in [1.82, 2.24) is 4.90 Å². The van der Waals surface area contributed by atoms with Gasteiger partial charge in [-0.05, 0) is 62.0 Å². The van der Waals surface area contributed by atoms with E-state index in [2.05, 4.69) is 23.1 Å². The second kappa shape index (κ2) is 5.98. The summed E-state index contributed by atoms with van der Waals surface area (Å²) in [6.07, 6.45) is 3.87. The fourth-order valence-corrected chi connectivity index (χ4v) is 4.33. The highest BCUT2D eigenvalue weighted by Crippen LogP contribution is 2.43. The summed E-state index contributed by atoms with van der Waals surface area (Å²) in [5.74, 6) is 0.952. The van der Waals surface area contributed by atoms with Gasteiger partial charge in [0.1, 0.15) is 16.9 Å². The Morgan fingerprint density at radius 2 is 1.79 bits per heavy atom. The number of fused-ring (bicyclic) bond motifs is 5. The third-order valence-electron chi connectivity index (χ3n) is 5.73.